The number of hydrogen-bond acceptors (Lipinski definition) is 1. The van der Waals surface area contributed by atoms with Crippen molar-refractivity contribution >= 4 is 17.1 Å². The van der Waals surface area contributed by atoms with E-state index in [-0.39, 0.29) is 5.41 Å². The summed E-state index contributed by atoms with van der Waals surface area (Å²) in [6.45, 7) is 2.41. The van der Waals surface area contributed by atoms with E-state index in [4.69, 9.17) is 4.11 Å². The van der Waals surface area contributed by atoms with Crippen LogP contribution in [0, 0.1) is 6.85 Å². The smallest absolute Gasteiger partial charge is 0.0714 e. The maximum Gasteiger partial charge on any atom is 0.0714 e. The lowest BCUT2D eigenvalue weighted by atomic mass is 9.67. The van der Waals surface area contributed by atoms with Crippen LogP contribution in [0.15, 0.2) is 194 Å². The van der Waals surface area contributed by atoms with Crippen LogP contribution in [0.3, 0.4) is 0 Å². The molecule has 54 heavy (non-hydrogen) atoms. The van der Waals surface area contributed by atoms with Gasteiger partial charge in [0, 0.05) is 26.6 Å². The molecule has 0 aliphatic heterocycles. The Kier molecular flexibility index (Phi) is 6.63. The molecule has 0 amide bonds. The molecular weight excluding hydrogens is 651 g/mol. The zero-order chi connectivity index (χ0) is 38.9. The number of fused-ring (bicyclic) bond motifs is 6. The van der Waals surface area contributed by atoms with E-state index in [9.17, 15) is 0 Å². The van der Waals surface area contributed by atoms with E-state index in [1.54, 1.807) is 12.1 Å². The molecule has 0 saturated carbocycles. The van der Waals surface area contributed by atoms with Crippen LogP contribution in [0.2, 0.25) is 0 Å². The van der Waals surface area contributed by atoms with Crippen molar-refractivity contribution < 1.29 is 4.11 Å². The maximum absolute atomic E-state index is 8.23. The monoisotopic (exact) mass is 694 g/mol. The largest absolute Gasteiger partial charge is 0.310 e. The Balaban J connectivity index is 1.21. The molecule has 258 valence electrons. The summed E-state index contributed by atoms with van der Waals surface area (Å²) in [6.07, 6.45) is 0. The normalized spacial score (nSPS) is 15.2. The van der Waals surface area contributed by atoms with Gasteiger partial charge in [-0.1, -0.05) is 172 Å². The van der Waals surface area contributed by atoms with Crippen molar-refractivity contribution in [1.29, 1.82) is 0 Å². The van der Waals surface area contributed by atoms with Crippen LogP contribution in [-0.4, -0.2) is 0 Å². The van der Waals surface area contributed by atoms with Gasteiger partial charge in [-0.05, 0) is 116 Å². The highest BCUT2D eigenvalue weighted by molar-refractivity contribution is 5.91. The van der Waals surface area contributed by atoms with Crippen molar-refractivity contribution in [3.63, 3.8) is 0 Å². The lowest BCUT2D eigenvalue weighted by Crippen LogP contribution is -2.28. The predicted octanol–water partition coefficient (Wildman–Crippen LogP) is 13.8. The molecule has 2 aliphatic rings. The lowest BCUT2D eigenvalue weighted by Gasteiger charge is -2.35. The number of hydrogen-bond donors (Lipinski definition) is 0. The fraction of sp³-hybridized carbons (Fsp3) is 0.0943. The minimum Gasteiger partial charge on any atom is -0.310 e. The summed E-state index contributed by atoms with van der Waals surface area (Å²) in [5.41, 5.74) is 17.0. The number of rotatable bonds is 6. The Morgan fingerprint density at radius 1 is 0.389 bits per heavy atom. The van der Waals surface area contributed by atoms with Crippen LogP contribution >= 0.6 is 0 Å². The van der Waals surface area contributed by atoms with Crippen molar-refractivity contribution in [2.45, 2.75) is 31.5 Å². The number of anilines is 3. The molecule has 0 bridgehead atoms. The molecule has 0 aromatic heterocycles. The van der Waals surface area contributed by atoms with Gasteiger partial charge in [0.15, 0.2) is 0 Å². The van der Waals surface area contributed by atoms with Crippen molar-refractivity contribution in [3.8, 4) is 33.4 Å². The highest BCUT2D eigenvalue weighted by Crippen LogP contribution is 2.57. The minimum absolute atomic E-state index is 0.114. The molecule has 1 heteroatoms. The van der Waals surface area contributed by atoms with Crippen molar-refractivity contribution in [1.82, 2.24) is 0 Å². The van der Waals surface area contributed by atoms with Gasteiger partial charge in [-0.3, -0.25) is 0 Å². The highest BCUT2D eigenvalue weighted by atomic mass is 15.1. The van der Waals surface area contributed by atoms with Crippen molar-refractivity contribution in [2.75, 3.05) is 4.90 Å². The van der Waals surface area contributed by atoms with Crippen LogP contribution in [0.1, 0.15) is 56.9 Å². The zero-order valence-electron chi connectivity index (χ0n) is 33.4. The summed E-state index contributed by atoms with van der Waals surface area (Å²) in [5.74, 6) is 0. The second-order valence-electron chi connectivity index (χ2n) is 15.1. The molecule has 0 radical (unpaired) electrons. The lowest BCUT2D eigenvalue weighted by molar-refractivity contribution is 0.660. The zero-order valence-corrected chi connectivity index (χ0v) is 30.4. The predicted molar refractivity (Wildman–Crippen MR) is 226 cm³/mol. The van der Waals surface area contributed by atoms with E-state index < -0.39 is 12.3 Å². The first-order valence-electron chi connectivity index (χ1n) is 20.3. The molecule has 8 aromatic carbocycles. The number of benzene rings is 8. The highest BCUT2D eigenvalue weighted by Gasteiger charge is 2.46. The molecule has 0 atom stereocenters. The molecule has 0 unspecified atom stereocenters. The second-order valence-corrected chi connectivity index (χ2v) is 15.1. The number of aryl methyl sites for hydroxylation is 1. The molecule has 0 heterocycles. The first-order valence-corrected chi connectivity index (χ1v) is 18.8. The van der Waals surface area contributed by atoms with Gasteiger partial charge in [0.2, 0.25) is 0 Å². The van der Waals surface area contributed by atoms with Crippen LogP contribution in [0.5, 0.6) is 0 Å². The van der Waals surface area contributed by atoms with Crippen LogP contribution in [-0.2, 0) is 10.8 Å². The SMILES string of the molecule is [2H]C([2H])([2H])c1ccccc1-c1ccc(N(c2ccc3c(c2)-c2ccccc2C3(C)C)c2ccc3c(c2)C(c2ccccc2)(c2ccccc2)c2ccccc2-3)cc1. The van der Waals surface area contributed by atoms with Crippen LogP contribution < -0.4 is 4.90 Å². The Morgan fingerprint density at radius 3 is 1.57 bits per heavy atom. The van der Waals surface area contributed by atoms with Gasteiger partial charge in [-0.25, -0.2) is 0 Å². The Labute approximate surface area is 323 Å². The Bertz CT molecular complexity index is 2760. The van der Waals surface area contributed by atoms with E-state index in [2.05, 4.69) is 189 Å². The van der Waals surface area contributed by atoms with Crippen LogP contribution in [0.4, 0.5) is 17.1 Å². The summed E-state index contributed by atoms with van der Waals surface area (Å²) < 4.78 is 24.7. The van der Waals surface area contributed by atoms with Gasteiger partial charge in [-0.2, -0.15) is 0 Å². The topological polar surface area (TPSA) is 3.24 Å². The Hall–Kier alpha value is -6.44. The van der Waals surface area contributed by atoms with Gasteiger partial charge < -0.3 is 4.90 Å². The minimum atomic E-state index is -2.22. The van der Waals surface area contributed by atoms with E-state index in [0.29, 0.717) is 5.56 Å². The summed E-state index contributed by atoms with van der Waals surface area (Å²) in [7, 11) is 0. The van der Waals surface area contributed by atoms with Gasteiger partial charge >= 0.3 is 0 Å². The summed E-state index contributed by atoms with van der Waals surface area (Å²) in [6, 6.07) is 69.0. The van der Waals surface area contributed by atoms with Gasteiger partial charge in [0.1, 0.15) is 0 Å². The third kappa shape index (κ3) is 4.71. The first-order chi connectivity index (χ1) is 27.7. The summed E-state index contributed by atoms with van der Waals surface area (Å²) in [5, 5.41) is 0. The van der Waals surface area contributed by atoms with Gasteiger partial charge in [0.25, 0.3) is 0 Å². The molecular formula is C53H41N. The molecule has 0 N–H and O–H groups in total. The van der Waals surface area contributed by atoms with E-state index in [0.717, 1.165) is 28.2 Å². The van der Waals surface area contributed by atoms with Gasteiger partial charge in [-0.15, -0.1) is 0 Å². The molecule has 1 nitrogen and oxygen atoms in total. The molecule has 10 rings (SSSR count). The molecule has 2 aliphatic carbocycles. The summed E-state index contributed by atoms with van der Waals surface area (Å²) >= 11 is 0. The average molecular weight is 695 g/mol. The second kappa shape index (κ2) is 12.3. The molecule has 0 spiro atoms. The van der Waals surface area contributed by atoms with Crippen molar-refractivity contribution in [3.05, 3.63) is 233 Å². The third-order valence-corrected chi connectivity index (χ3v) is 11.9. The average Bonchev–Trinajstić information content (AvgIpc) is 3.67. The molecule has 0 saturated heterocycles. The fourth-order valence-corrected chi connectivity index (χ4v) is 9.39. The molecule has 8 aromatic rings. The number of nitrogens with zero attached hydrogens (tertiary/aromatic N) is 1. The van der Waals surface area contributed by atoms with Gasteiger partial charge in [0.05, 0.1) is 5.41 Å². The summed E-state index contributed by atoms with van der Waals surface area (Å²) in [4.78, 5) is 2.36. The standard InChI is InChI=1S/C53H41N/c1-36-16-10-11-21-43(36)37-26-28-40(29-27-37)54(41-31-33-49-47(34-41)45-23-12-14-24-48(45)52(49,2)3)42-30-32-46-44-22-13-15-25-50(44)53(51(46)35-42,38-17-6-4-7-18-38)39-19-8-5-9-20-39/h4-35H,1-3H3/i1D3. The van der Waals surface area contributed by atoms with Crippen molar-refractivity contribution in [2.24, 2.45) is 0 Å². The van der Waals surface area contributed by atoms with E-state index in [1.807, 2.05) is 12.1 Å². The molecule has 0 fully saturated rings. The fourth-order valence-electron chi connectivity index (χ4n) is 9.39. The maximum atomic E-state index is 8.23. The first kappa shape index (κ1) is 29.1. The van der Waals surface area contributed by atoms with E-state index in [1.165, 1.54) is 55.6 Å². The third-order valence-electron chi connectivity index (χ3n) is 11.9. The quantitative estimate of drug-likeness (QED) is 0.167. The van der Waals surface area contributed by atoms with Crippen LogP contribution in [0.25, 0.3) is 33.4 Å². The Morgan fingerprint density at radius 2 is 0.889 bits per heavy atom. The van der Waals surface area contributed by atoms with E-state index >= 15 is 0 Å².